The van der Waals surface area contributed by atoms with Crippen molar-refractivity contribution in [2.24, 2.45) is 0 Å². The van der Waals surface area contributed by atoms with Crippen LogP contribution in [0.5, 0.6) is 5.75 Å². The highest BCUT2D eigenvalue weighted by Crippen LogP contribution is 2.27. The van der Waals surface area contributed by atoms with Crippen LogP contribution in [0.15, 0.2) is 29.2 Å². The van der Waals surface area contributed by atoms with Gasteiger partial charge < -0.3 is 14.4 Å². The Balaban J connectivity index is 2.29. The summed E-state index contributed by atoms with van der Waals surface area (Å²) in [5, 5.41) is 0. The van der Waals surface area contributed by atoms with Crippen molar-refractivity contribution >= 4 is 21.9 Å². The summed E-state index contributed by atoms with van der Waals surface area (Å²) >= 11 is 0. The number of hydrogen-bond donors (Lipinski definition) is 0. The second-order valence-electron chi connectivity index (χ2n) is 6.28. The van der Waals surface area contributed by atoms with Gasteiger partial charge in [0.1, 0.15) is 11.8 Å². The monoisotopic (exact) mass is 438 g/mol. The second-order valence-corrected chi connectivity index (χ2v) is 8.17. The van der Waals surface area contributed by atoms with Gasteiger partial charge in [-0.2, -0.15) is 4.31 Å². The number of rotatable bonds is 6. The highest BCUT2D eigenvalue weighted by atomic mass is 32.2. The molecule has 162 valence electrons. The maximum Gasteiger partial charge on any atom is 0.573 e. The predicted molar refractivity (Wildman–Crippen MR) is 94.3 cm³/mol. The Hall–Kier alpha value is -2.34. The number of benzene rings is 1. The van der Waals surface area contributed by atoms with Gasteiger partial charge in [0.2, 0.25) is 15.9 Å². The van der Waals surface area contributed by atoms with Crippen LogP contribution in [0.1, 0.15) is 20.3 Å². The topological polar surface area (TPSA) is 93.2 Å². The number of piperazine rings is 1. The van der Waals surface area contributed by atoms with E-state index in [1.54, 1.807) is 6.92 Å². The number of amides is 1. The van der Waals surface area contributed by atoms with Crippen LogP contribution in [0, 0.1) is 0 Å². The molecule has 1 aliphatic heterocycles. The number of carbonyl (C=O) groups is 2. The normalized spacial score (nSPS) is 18.4. The molecule has 29 heavy (non-hydrogen) atoms. The molecule has 0 saturated carbocycles. The minimum atomic E-state index is -4.91. The average molecular weight is 438 g/mol. The van der Waals surface area contributed by atoms with Gasteiger partial charge in [0.05, 0.1) is 11.5 Å². The number of esters is 1. The smallest absolute Gasteiger partial charge is 0.464 e. The number of nitrogens with zero attached hydrogens (tertiary/aromatic N) is 2. The van der Waals surface area contributed by atoms with E-state index in [4.69, 9.17) is 4.74 Å². The quantitative estimate of drug-likeness (QED) is 0.629. The fraction of sp³-hybridized carbons (Fsp3) is 0.529. The van der Waals surface area contributed by atoms with Crippen LogP contribution in [0.3, 0.4) is 0 Å². The number of carbonyl (C=O) groups excluding carboxylic acids is 2. The Morgan fingerprint density at radius 3 is 2.31 bits per heavy atom. The maximum absolute atomic E-state index is 13.0. The molecule has 0 unspecified atom stereocenters. The van der Waals surface area contributed by atoms with Gasteiger partial charge in [-0.15, -0.1) is 13.2 Å². The zero-order valence-corrected chi connectivity index (χ0v) is 16.6. The molecule has 1 aliphatic rings. The van der Waals surface area contributed by atoms with Crippen molar-refractivity contribution < 1.29 is 40.7 Å². The lowest BCUT2D eigenvalue weighted by Gasteiger charge is -2.38. The highest BCUT2D eigenvalue weighted by molar-refractivity contribution is 7.89. The third-order valence-electron chi connectivity index (χ3n) is 4.16. The number of alkyl halides is 3. The van der Waals surface area contributed by atoms with Crippen molar-refractivity contribution in [2.45, 2.75) is 37.6 Å². The highest BCUT2D eigenvalue weighted by Gasteiger charge is 2.41. The lowest BCUT2D eigenvalue weighted by molar-refractivity contribution is -0.274. The largest absolute Gasteiger partial charge is 0.573 e. The summed E-state index contributed by atoms with van der Waals surface area (Å²) in [6.45, 7) is 2.90. The molecule has 1 fully saturated rings. The van der Waals surface area contributed by atoms with E-state index in [0.717, 1.165) is 28.6 Å². The first-order chi connectivity index (χ1) is 13.5. The van der Waals surface area contributed by atoms with Gasteiger partial charge in [0.25, 0.3) is 0 Å². The lowest BCUT2D eigenvalue weighted by Crippen LogP contribution is -2.59. The van der Waals surface area contributed by atoms with Crippen LogP contribution < -0.4 is 4.74 Å². The third-order valence-corrected chi connectivity index (χ3v) is 6.08. The van der Waals surface area contributed by atoms with Crippen LogP contribution in [0.2, 0.25) is 0 Å². The van der Waals surface area contributed by atoms with Crippen molar-refractivity contribution in [3.05, 3.63) is 24.3 Å². The van der Waals surface area contributed by atoms with Gasteiger partial charge in [-0.25, -0.2) is 8.42 Å². The van der Waals surface area contributed by atoms with Crippen LogP contribution in [0.4, 0.5) is 13.2 Å². The van der Waals surface area contributed by atoms with Crippen molar-refractivity contribution in [1.29, 1.82) is 0 Å². The number of ether oxygens (including phenoxy) is 2. The molecule has 12 heteroatoms. The van der Waals surface area contributed by atoms with Gasteiger partial charge in [0.15, 0.2) is 0 Å². The zero-order chi connectivity index (χ0) is 21.8. The standard InChI is InChI=1S/C17H21F3N2O6S/c1-3-10-27-16(24)15-11-21(12(2)23)8-9-22(15)29(25,26)14-6-4-13(5-7-14)28-17(18,19)20/h4-7,15H,3,8-11H2,1-2H3/t15-/m1/s1. The van der Waals surface area contributed by atoms with E-state index in [-0.39, 0.29) is 37.0 Å². The summed E-state index contributed by atoms with van der Waals surface area (Å²) in [5.41, 5.74) is 0. The van der Waals surface area contributed by atoms with Gasteiger partial charge in [-0.1, -0.05) is 6.92 Å². The van der Waals surface area contributed by atoms with Crippen LogP contribution in [-0.2, 0) is 24.3 Å². The first-order valence-corrected chi connectivity index (χ1v) is 10.2. The van der Waals surface area contributed by atoms with Crippen molar-refractivity contribution in [1.82, 2.24) is 9.21 Å². The Kier molecular flexibility index (Phi) is 7.11. The Bertz CT molecular complexity index is 842. The van der Waals surface area contributed by atoms with Gasteiger partial charge in [-0.3, -0.25) is 9.59 Å². The average Bonchev–Trinajstić information content (AvgIpc) is 2.64. The second kappa shape index (κ2) is 8.99. The van der Waals surface area contributed by atoms with Crippen LogP contribution in [0.25, 0.3) is 0 Å². The van der Waals surface area contributed by atoms with Crippen LogP contribution >= 0.6 is 0 Å². The Morgan fingerprint density at radius 1 is 1.17 bits per heavy atom. The predicted octanol–water partition coefficient (Wildman–Crippen LogP) is 1.76. The molecule has 1 amide bonds. The fourth-order valence-electron chi connectivity index (χ4n) is 2.78. The van der Waals surface area contributed by atoms with Crippen molar-refractivity contribution in [3.63, 3.8) is 0 Å². The molecule has 0 aliphatic carbocycles. The molecule has 8 nitrogen and oxygen atoms in total. The van der Waals surface area contributed by atoms with E-state index in [1.165, 1.54) is 11.8 Å². The molecule has 1 aromatic carbocycles. The van der Waals surface area contributed by atoms with Crippen LogP contribution in [-0.4, -0.2) is 68.1 Å². The van der Waals surface area contributed by atoms with Crippen molar-refractivity contribution in [2.75, 3.05) is 26.2 Å². The number of hydrogen-bond acceptors (Lipinski definition) is 6. The van der Waals surface area contributed by atoms with Gasteiger partial charge >= 0.3 is 12.3 Å². The molecule has 1 aromatic rings. The van der Waals surface area contributed by atoms with E-state index in [2.05, 4.69) is 4.74 Å². The molecule has 1 heterocycles. The van der Waals surface area contributed by atoms with Gasteiger partial charge in [-0.05, 0) is 30.7 Å². The summed E-state index contributed by atoms with van der Waals surface area (Å²) in [6, 6.07) is 2.41. The van der Waals surface area contributed by atoms with E-state index >= 15 is 0 Å². The number of halogens is 3. The third kappa shape index (κ3) is 5.82. The zero-order valence-electron chi connectivity index (χ0n) is 15.8. The van der Waals surface area contributed by atoms with E-state index in [0.29, 0.717) is 6.42 Å². The molecule has 0 radical (unpaired) electrons. The molecule has 0 aromatic heterocycles. The molecule has 2 rings (SSSR count). The molecule has 0 spiro atoms. The molecule has 0 bridgehead atoms. The molecule has 1 saturated heterocycles. The summed E-state index contributed by atoms with van der Waals surface area (Å²) in [4.78, 5) is 25.1. The minimum Gasteiger partial charge on any atom is -0.464 e. The first-order valence-electron chi connectivity index (χ1n) is 8.75. The molecule has 0 N–H and O–H groups in total. The minimum absolute atomic E-state index is 0.0708. The molecule has 1 atom stereocenters. The van der Waals surface area contributed by atoms with E-state index in [1.807, 2.05) is 0 Å². The summed E-state index contributed by atoms with van der Waals surface area (Å²) in [6.07, 6.45) is -4.38. The number of sulfonamides is 1. The van der Waals surface area contributed by atoms with Crippen molar-refractivity contribution in [3.8, 4) is 5.75 Å². The van der Waals surface area contributed by atoms with Gasteiger partial charge in [0, 0.05) is 26.6 Å². The fourth-order valence-corrected chi connectivity index (χ4v) is 4.34. The summed E-state index contributed by atoms with van der Waals surface area (Å²) < 4.78 is 72.5. The molecular formula is C17H21F3N2O6S. The summed E-state index contributed by atoms with van der Waals surface area (Å²) in [7, 11) is -4.23. The van der Waals surface area contributed by atoms with E-state index < -0.39 is 34.1 Å². The maximum atomic E-state index is 13.0. The Labute approximate surface area is 166 Å². The first kappa shape index (κ1) is 22.9. The summed E-state index contributed by atoms with van der Waals surface area (Å²) in [5.74, 6) is -1.68. The Morgan fingerprint density at radius 2 is 1.79 bits per heavy atom. The lowest BCUT2D eigenvalue weighted by atomic mass is 10.2. The molecular weight excluding hydrogens is 417 g/mol. The van der Waals surface area contributed by atoms with E-state index in [9.17, 15) is 31.2 Å². The SMILES string of the molecule is CCCOC(=O)[C@H]1CN(C(C)=O)CCN1S(=O)(=O)c1ccc(OC(F)(F)F)cc1.